The Morgan fingerprint density at radius 2 is 1.71 bits per heavy atom. The lowest BCUT2D eigenvalue weighted by molar-refractivity contribution is -0.148. The number of amides is 1. The lowest BCUT2D eigenvalue weighted by Crippen LogP contribution is -2.39. The Morgan fingerprint density at radius 3 is 2.12 bits per heavy atom. The Morgan fingerprint density at radius 1 is 1.18 bits per heavy atom. The SMILES string of the molecule is CC(=O)C(C)OC(=O)/C=C\C(=O)NC(C)(C)C. The van der Waals surface area contributed by atoms with Crippen LogP contribution in [-0.2, 0) is 19.1 Å². The van der Waals surface area contributed by atoms with Crippen LogP contribution in [0, 0.1) is 0 Å². The van der Waals surface area contributed by atoms with Crippen molar-refractivity contribution < 1.29 is 19.1 Å². The second kappa shape index (κ2) is 6.18. The minimum Gasteiger partial charge on any atom is -0.452 e. The molecule has 1 atom stereocenters. The number of rotatable bonds is 4. The number of carbonyl (C=O) groups is 3. The van der Waals surface area contributed by atoms with Gasteiger partial charge in [-0.05, 0) is 34.6 Å². The molecule has 0 saturated heterocycles. The fourth-order valence-electron chi connectivity index (χ4n) is 0.851. The van der Waals surface area contributed by atoms with E-state index >= 15 is 0 Å². The third kappa shape index (κ3) is 8.19. The molecule has 1 N–H and O–H groups in total. The molecule has 0 aliphatic carbocycles. The number of esters is 1. The number of hydrogen-bond donors (Lipinski definition) is 1. The molecule has 1 unspecified atom stereocenters. The van der Waals surface area contributed by atoms with Gasteiger partial charge in [0.1, 0.15) is 0 Å². The van der Waals surface area contributed by atoms with Crippen LogP contribution in [0.3, 0.4) is 0 Å². The summed E-state index contributed by atoms with van der Waals surface area (Å²) < 4.78 is 4.74. The average Bonchev–Trinajstić information content (AvgIpc) is 2.11. The largest absolute Gasteiger partial charge is 0.452 e. The highest BCUT2D eigenvalue weighted by Crippen LogP contribution is 1.98. The molecule has 0 radical (unpaired) electrons. The van der Waals surface area contributed by atoms with E-state index < -0.39 is 12.1 Å². The third-order valence-electron chi connectivity index (χ3n) is 1.73. The maximum Gasteiger partial charge on any atom is 0.331 e. The van der Waals surface area contributed by atoms with E-state index in [-0.39, 0.29) is 17.2 Å². The number of Topliss-reactive ketones (excluding diaryl/α,β-unsaturated/α-hetero) is 1. The van der Waals surface area contributed by atoms with E-state index in [9.17, 15) is 14.4 Å². The van der Waals surface area contributed by atoms with Crippen LogP contribution in [-0.4, -0.2) is 29.3 Å². The van der Waals surface area contributed by atoms with Crippen molar-refractivity contribution in [3.8, 4) is 0 Å². The summed E-state index contributed by atoms with van der Waals surface area (Å²) in [5, 5.41) is 2.65. The molecule has 0 bridgehead atoms. The Balaban J connectivity index is 4.21. The highest BCUT2D eigenvalue weighted by atomic mass is 16.5. The van der Waals surface area contributed by atoms with Gasteiger partial charge in [0.05, 0.1) is 0 Å². The molecular formula is C12H19NO4. The zero-order valence-electron chi connectivity index (χ0n) is 10.9. The van der Waals surface area contributed by atoms with Crippen LogP contribution >= 0.6 is 0 Å². The molecule has 0 fully saturated rings. The maximum atomic E-state index is 11.3. The van der Waals surface area contributed by atoms with Crippen molar-refractivity contribution in [3.63, 3.8) is 0 Å². The van der Waals surface area contributed by atoms with Crippen LogP contribution in [0.4, 0.5) is 0 Å². The first kappa shape index (κ1) is 15.3. The molecule has 1 amide bonds. The summed E-state index contributed by atoms with van der Waals surface area (Å²) in [5.41, 5.74) is -0.363. The highest BCUT2D eigenvalue weighted by molar-refractivity contribution is 5.95. The van der Waals surface area contributed by atoms with Crippen LogP contribution in [0.2, 0.25) is 0 Å². The summed E-state index contributed by atoms with van der Waals surface area (Å²) >= 11 is 0. The molecule has 0 saturated carbocycles. The van der Waals surface area contributed by atoms with Gasteiger partial charge in [0.15, 0.2) is 11.9 Å². The number of ether oxygens (including phenoxy) is 1. The van der Waals surface area contributed by atoms with Crippen molar-refractivity contribution in [2.24, 2.45) is 0 Å². The van der Waals surface area contributed by atoms with E-state index in [2.05, 4.69) is 5.32 Å². The van der Waals surface area contributed by atoms with Gasteiger partial charge in [-0.15, -0.1) is 0 Å². The molecule has 5 heteroatoms. The van der Waals surface area contributed by atoms with Crippen molar-refractivity contribution in [3.05, 3.63) is 12.2 Å². The second-order valence-electron chi connectivity index (χ2n) is 4.76. The summed E-state index contributed by atoms with van der Waals surface area (Å²) in [5.74, 6) is -1.34. The van der Waals surface area contributed by atoms with Crippen LogP contribution in [0.1, 0.15) is 34.6 Å². The summed E-state index contributed by atoms with van der Waals surface area (Å²) in [6.45, 7) is 8.29. The normalized spacial score (nSPS) is 13.2. The standard InChI is InChI=1S/C12H19NO4/c1-8(14)9(2)17-11(16)7-6-10(15)13-12(3,4)5/h6-7,9H,1-5H3,(H,13,15)/b7-6-. The van der Waals surface area contributed by atoms with Crippen LogP contribution in [0.25, 0.3) is 0 Å². The maximum absolute atomic E-state index is 11.3. The molecule has 0 heterocycles. The topological polar surface area (TPSA) is 72.5 Å². The lowest BCUT2D eigenvalue weighted by atomic mass is 10.1. The second-order valence-corrected chi connectivity index (χ2v) is 4.76. The summed E-state index contributed by atoms with van der Waals surface area (Å²) in [4.78, 5) is 33.3. The zero-order valence-corrected chi connectivity index (χ0v) is 10.9. The van der Waals surface area contributed by atoms with Gasteiger partial charge in [-0.2, -0.15) is 0 Å². The van der Waals surface area contributed by atoms with Crippen molar-refractivity contribution in [1.29, 1.82) is 0 Å². The third-order valence-corrected chi connectivity index (χ3v) is 1.73. The Bertz CT molecular complexity index is 339. The molecule has 5 nitrogen and oxygen atoms in total. The van der Waals surface area contributed by atoms with Crippen molar-refractivity contribution >= 4 is 17.7 Å². The fourth-order valence-corrected chi connectivity index (χ4v) is 0.851. The highest BCUT2D eigenvalue weighted by Gasteiger charge is 2.13. The van der Waals surface area contributed by atoms with E-state index in [4.69, 9.17) is 4.74 Å². The smallest absolute Gasteiger partial charge is 0.331 e. The van der Waals surface area contributed by atoms with Gasteiger partial charge in [-0.25, -0.2) is 4.79 Å². The number of hydrogen-bond acceptors (Lipinski definition) is 4. The van der Waals surface area contributed by atoms with Crippen molar-refractivity contribution in [2.45, 2.75) is 46.3 Å². The molecule has 0 rings (SSSR count). The number of nitrogens with one attached hydrogen (secondary N) is 1. The van der Waals surface area contributed by atoms with Gasteiger partial charge in [0, 0.05) is 17.7 Å². The van der Waals surface area contributed by atoms with E-state index in [1.165, 1.54) is 13.8 Å². The minimum absolute atomic E-state index is 0.245. The first-order valence-corrected chi connectivity index (χ1v) is 5.33. The molecule has 0 spiro atoms. The number of carbonyl (C=O) groups excluding carboxylic acids is 3. The van der Waals surface area contributed by atoms with E-state index in [0.717, 1.165) is 12.2 Å². The molecule has 0 aromatic carbocycles. The Hall–Kier alpha value is -1.65. The molecule has 0 aliphatic rings. The predicted molar refractivity (Wildman–Crippen MR) is 63.3 cm³/mol. The van der Waals surface area contributed by atoms with Gasteiger partial charge < -0.3 is 10.1 Å². The molecule has 0 aliphatic heterocycles. The number of ketones is 1. The van der Waals surface area contributed by atoms with Gasteiger partial charge in [-0.1, -0.05) is 0 Å². The van der Waals surface area contributed by atoms with Gasteiger partial charge in [0.2, 0.25) is 5.91 Å². The van der Waals surface area contributed by atoms with E-state index in [1.807, 2.05) is 20.8 Å². The molecular weight excluding hydrogens is 222 g/mol. The monoisotopic (exact) mass is 241 g/mol. The van der Waals surface area contributed by atoms with Gasteiger partial charge >= 0.3 is 5.97 Å². The molecule has 17 heavy (non-hydrogen) atoms. The summed E-state index contributed by atoms with van der Waals surface area (Å²) in [6.07, 6.45) is 1.29. The predicted octanol–water partition coefficient (Wildman–Crippen LogP) is 0.978. The van der Waals surface area contributed by atoms with Crippen LogP contribution in [0.5, 0.6) is 0 Å². The van der Waals surface area contributed by atoms with Crippen LogP contribution < -0.4 is 5.32 Å². The van der Waals surface area contributed by atoms with E-state index in [1.54, 1.807) is 0 Å². The molecule has 0 aromatic rings. The van der Waals surface area contributed by atoms with Crippen molar-refractivity contribution in [2.75, 3.05) is 0 Å². The van der Waals surface area contributed by atoms with Gasteiger partial charge in [-0.3, -0.25) is 9.59 Å². The Kier molecular flexibility index (Phi) is 5.58. The zero-order chi connectivity index (χ0) is 13.6. The van der Waals surface area contributed by atoms with E-state index in [0.29, 0.717) is 0 Å². The fraction of sp³-hybridized carbons (Fsp3) is 0.583. The summed E-state index contributed by atoms with van der Waals surface area (Å²) in [7, 11) is 0. The van der Waals surface area contributed by atoms with Crippen molar-refractivity contribution in [1.82, 2.24) is 5.32 Å². The first-order chi connectivity index (χ1) is 7.61. The quantitative estimate of drug-likeness (QED) is 0.588. The Labute approximate surface area is 101 Å². The van der Waals surface area contributed by atoms with Gasteiger partial charge in [0.25, 0.3) is 0 Å². The summed E-state index contributed by atoms with van der Waals surface area (Å²) in [6, 6.07) is 0. The average molecular weight is 241 g/mol. The minimum atomic E-state index is -0.794. The lowest BCUT2D eigenvalue weighted by Gasteiger charge is -2.18. The molecule has 0 aromatic heterocycles. The first-order valence-electron chi connectivity index (χ1n) is 5.33. The molecule has 96 valence electrons. The van der Waals surface area contributed by atoms with Crippen LogP contribution in [0.15, 0.2) is 12.2 Å².